The van der Waals surface area contributed by atoms with Crippen LogP contribution in [0.1, 0.15) is 104 Å². The second-order valence-corrected chi connectivity index (χ2v) is 13.1. The van der Waals surface area contributed by atoms with E-state index >= 15 is 0 Å². The van der Waals surface area contributed by atoms with Gasteiger partial charge in [0.25, 0.3) is 0 Å². The van der Waals surface area contributed by atoms with Crippen LogP contribution < -0.4 is 9.05 Å². The molecule has 0 fully saturated rings. The lowest BCUT2D eigenvalue weighted by atomic mass is 9.80. The lowest BCUT2D eigenvalue weighted by Crippen LogP contribution is -2.18. The summed E-state index contributed by atoms with van der Waals surface area (Å²) in [7, 11) is -4.29. The van der Waals surface area contributed by atoms with Crippen LogP contribution in [0.25, 0.3) is 0 Å². The van der Waals surface area contributed by atoms with Crippen molar-refractivity contribution < 1.29 is 18.5 Å². The zero-order valence-electron chi connectivity index (χ0n) is 21.6. The van der Waals surface area contributed by atoms with Gasteiger partial charge in [-0.05, 0) is 59.1 Å². The second kappa shape index (κ2) is 11.1. The molecule has 0 radical (unpaired) electrons. The van der Waals surface area contributed by atoms with Gasteiger partial charge in [0, 0.05) is 0 Å². The van der Waals surface area contributed by atoms with E-state index in [0.717, 1.165) is 22.6 Å². The molecule has 2 aromatic rings. The van der Waals surface area contributed by atoms with Crippen LogP contribution in [0.5, 0.6) is 11.5 Å². The number of rotatable bonds is 10. The number of hydrogen-bond acceptors (Lipinski definition) is 4. The quantitative estimate of drug-likeness (QED) is 0.258. The first-order valence-corrected chi connectivity index (χ1v) is 15.0. The lowest BCUT2D eigenvalue weighted by Gasteiger charge is -2.29. The van der Waals surface area contributed by atoms with Crippen molar-refractivity contribution in [3.8, 4) is 11.5 Å². The Kier molecular flexibility index (Phi) is 8.87. The predicted octanol–water partition coefficient (Wildman–Crippen LogP) is 9.43. The number of fused-ring (bicyclic) bond motifs is 2. The summed E-state index contributed by atoms with van der Waals surface area (Å²) in [4.78, 5) is 12.1. The van der Waals surface area contributed by atoms with Gasteiger partial charge in [0.05, 0.1) is 9.79 Å². The molecule has 0 saturated heterocycles. The molecular formula is C28H41O4PS. The zero-order chi connectivity index (χ0) is 25.0. The first-order chi connectivity index (χ1) is 16.0. The van der Waals surface area contributed by atoms with Crippen molar-refractivity contribution in [2.24, 2.45) is 0 Å². The third-order valence-corrected chi connectivity index (χ3v) is 8.84. The molecule has 34 heavy (non-hydrogen) atoms. The first-order valence-electron chi connectivity index (χ1n) is 12.7. The van der Waals surface area contributed by atoms with E-state index in [9.17, 15) is 9.46 Å². The predicted molar refractivity (Wildman–Crippen MR) is 142 cm³/mol. The maximum absolute atomic E-state index is 12.7. The van der Waals surface area contributed by atoms with Crippen LogP contribution in [-0.2, 0) is 15.4 Å². The second-order valence-electron chi connectivity index (χ2n) is 10.8. The summed E-state index contributed by atoms with van der Waals surface area (Å²) in [5.41, 5.74) is 2.45. The molecule has 0 spiro atoms. The van der Waals surface area contributed by atoms with E-state index in [1.165, 1.54) is 49.7 Å². The molecule has 0 amide bonds. The Labute approximate surface area is 210 Å². The van der Waals surface area contributed by atoms with Gasteiger partial charge in [0.15, 0.2) is 0 Å². The van der Waals surface area contributed by atoms with Gasteiger partial charge in [0.2, 0.25) is 0 Å². The fourth-order valence-electron chi connectivity index (χ4n) is 4.48. The van der Waals surface area contributed by atoms with Crippen molar-refractivity contribution in [2.75, 3.05) is 0 Å². The SMILES string of the molecule is CCCCCC(C)(C)c1ccc2c(c1)Sc1cc(C(C)(C)CCCCC)ccc1OP(=O)(O)O2. The molecule has 0 saturated carbocycles. The first kappa shape index (κ1) is 27.2. The Balaban J connectivity index is 1.98. The summed E-state index contributed by atoms with van der Waals surface area (Å²) in [6, 6.07) is 11.9. The fourth-order valence-corrected chi connectivity index (χ4v) is 6.48. The summed E-state index contributed by atoms with van der Waals surface area (Å²) in [6.45, 7) is 13.5. The number of phosphoric ester groups is 1. The van der Waals surface area contributed by atoms with Crippen LogP contribution in [0.2, 0.25) is 0 Å². The fraction of sp³-hybridized carbons (Fsp3) is 0.571. The summed E-state index contributed by atoms with van der Waals surface area (Å²) in [5.74, 6) is 0.782. The third-order valence-electron chi connectivity index (χ3n) is 6.91. The van der Waals surface area contributed by atoms with Crippen LogP contribution in [-0.4, -0.2) is 4.89 Å². The Hall–Kier alpha value is -1.42. The molecule has 1 N–H and O–H groups in total. The molecular weight excluding hydrogens is 463 g/mol. The van der Waals surface area contributed by atoms with Crippen molar-refractivity contribution in [1.29, 1.82) is 0 Å². The van der Waals surface area contributed by atoms with Crippen molar-refractivity contribution >= 4 is 19.6 Å². The molecule has 6 heteroatoms. The van der Waals surface area contributed by atoms with Gasteiger partial charge >= 0.3 is 7.82 Å². The van der Waals surface area contributed by atoms with Crippen LogP contribution in [0.15, 0.2) is 46.2 Å². The minimum Gasteiger partial charge on any atom is -0.394 e. The molecule has 4 nitrogen and oxygen atoms in total. The monoisotopic (exact) mass is 504 g/mol. The highest BCUT2D eigenvalue weighted by molar-refractivity contribution is 7.99. The Bertz CT molecular complexity index is 954. The van der Waals surface area contributed by atoms with Crippen LogP contribution in [0.3, 0.4) is 0 Å². The van der Waals surface area contributed by atoms with Gasteiger partial charge in [-0.25, -0.2) is 4.57 Å². The van der Waals surface area contributed by atoms with Gasteiger partial charge in [0.1, 0.15) is 11.5 Å². The molecule has 188 valence electrons. The van der Waals surface area contributed by atoms with Gasteiger partial charge in [-0.15, -0.1) is 0 Å². The van der Waals surface area contributed by atoms with E-state index in [1.807, 2.05) is 24.3 Å². The Morgan fingerprint density at radius 1 is 0.765 bits per heavy atom. The maximum atomic E-state index is 12.7. The van der Waals surface area contributed by atoms with Crippen LogP contribution in [0, 0.1) is 0 Å². The maximum Gasteiger partial charge on any atom is 0.584 e. The van der Waals surface area contributed by atoms with Gasteiger partial charge in [-0.2, -0.15) is 0 Å². The molecule has 1 heterocycles. The minimum absolute atomic E-state index is 0.0124. The third kappa shape index (κ3) is 6.83. The van der Waals surface area contributed by atoms with E-state index in [2.05, 4.69) is 53.7 Å². The highest BCUT2D eigenvalue weighted by Crippen LogP contribution is 2.54. The standard InChI is InChI=1S/C28H41O4PS/c1-7-9-11-17-27(3,4)21-13-15-23-25(19-21)34-26-20-22(28(5,6)18-12-10-8-2)14-16-24(26)32-33(29,30)31-23/h13-16,19-20H,7-12,17-18H2,1-6H3,(H,29,30). The van der Waals surface area contributed by atoms with Crippen LogP contribution in [0.4, 0.5) is 0 Å². The molecule has 0 bridgehead atoms. The summed E-state index contributed by atoms with van der Waals surface area (Å²) in [5, 5.41) is 0. The summed E-state index contributed by atoms with van der Waals surface area (Å²) >= 11 is 1.55. The number of benzene rings is 2. The highest BCUT2D eigenvalue weighted by Gasteiger charge is 2.32. The Morgan fingerprint density at radius 2 is 1.18 bits per heavy atom. The molecule has 1 aliphatic heterocycles. The molecule has 2 aromatic carbocycles. The smallest absolute Gasteiger partial charge is 0.394 e. The molecule has 3 rings (SSSR count). The topological polar surface area (TPSA) is 55.8 Å². The largest absolute Gasteiger partial charge is 0.584 e. The van der Waals surface area contributed by atoms with E-state index < -0.39 is 7.82 Å². The van der Waals surface area contributed by atoms with Crippen molar-refractivity contribution in [1.82, 2.24) is 0 Å². The molecule has 0 atom stereocenters. The van der Waals surface area contributed by atoms with Crippen molar-refractivity contribution in [3.63, 3.8) is 0 Å². The zero-order valence-corrected chi connectivity index (χ0v) is 23.4. The summed E-state index contributed by atoms with van der Waals surface area (Å²) < 4.78 is 23.7. The number of hydrogen-bond donors (Lipinski definition) is 1. The normalized spacial score (nSPS) is 15.4. The molecule has 0 unspecified atom stereocenters. The number of unbranched alkanes of at least 4 members (excludes halogenated alkanes) is 4. The van der Waals surface area contributed by atoms with E-state index in [1.54, 1.807) is 11.8 Å². The Morgan fingerprint density at radius 3 is 1.56 bits per heavy atom. The van der Waals surface area contributed by atoms with Gasteiger partial charge in [-0.1, -0.05) is 104 Å². The average Bonchev–Trinajstić information content (AvgIpc) is 2.74. The molecule has 0 aliphatic carbocycles. The van der Waals surface area contributed by atoms with E-state index in [4.69, 9.17) is 9.05 Å². The highest BCUT2D eigenvalue weighted by atomic mass is 32.2. The van der Waals surface area contributed by atoms with Crippen molar-refractivity contribution in [2.45, 2.75) is 114 Å². The lowest BCUT2D eigenvalue weighted by molar-refractivity contribution is 0.285. The summed E-state index contributed by atoms with van der Waals surface area (Å²) in [6.07, 6.45) is 9.40. The van der Waals surface area contributed by atoms with Gasteiger partial charge < -0.3 is 9.05 Å². The molecule has 0 aromatic heterocycles. The van der Waals surface area contributed by atoms with Crippen molar-refractivity contribution in [3.05, 3.63) is 47.5 Å². The van der Waals surface area contributed by atoms with Gasteiger partial charge in [-0.3, -0.25) is 4.89 Å². The van der Waals surface area contributed by atoms with E-state index in [0.29, 0.717) is 11.5 Å². The molecule has 1 aliphatic rings. The number of phosphoric acid groups is 1. The van der Waals surface area contributed by atoms with Crippen LogP contribution >= 0.6 is 19.6 Å². The average molecular weight is 505 g/mol. The minimum atomic E-state index is -4.29. The van der Waals surface area contributed by atoms with E-state index in [-0.39, 0.29) is 10.8 Å².